The van der Waals surface area contributed by atoms with E-state index in [1.807, 2.05) is 19.1 Å². The first-order valence-corrected chi connectivity index (χ1v) is 10.9. The maximum absolute atomic E-state index is 12.9. The number of hydrogen-bond donors (Lipinski definition) is 1. The molecule has 0 amide bonds. The molecule has 2 rings (SSSR count). The minimum Gasteiger partial charge on any atom is -0.496 e. The lowest BCUT2D eigenvalue weighted by atomic mass is 10.0. The van der Waals surface area contributed by atoms with E-state index in [-0.39, 0.29) is 18.3 Å². The number of methoxy groups -OCH3 is 1. The van der Waals surface area contributed by atoms with Crippen molar-refractivity contribution < 1.29 is 33.7 Å². The van der Waals surface area contributed by atoms with Crippen molar-refractivity contribution in [3.8, 4) is 11.5 Å². The summed E-state index contributed by atoms with van der Waals surface area (Å²) in [6, 6.07) is 3.41. The van der Waals surface area contributed by atoms with Crippen LogP contribution in [0.2, 0.25) is 0 Å². The van der Waals surface area contributed by atoms with Crippen LogP contribution in [0.25, 0.3) is 6.08 Å². The Bertz CT molecular complexity index is 797. The van der Waals surface area contributed by atoms with Gasteiger partial charge in [0.05, 0.1) is 19.8 Å². The number of esters is 1. The SMILES string of the molecule is COc1cc(OCCCCC(=O)O)cc2c1C(=O)O[C@@H](C)CCCC(=O)CCC/C=C/2. The molecule has 31 heavy (non-hydrogen) atoms. The molecular weight excluding hydrogens is 400 g/mol. The Kier molecular flexibility index (Phi) is 10.1. The molecule has 0 bridgehead atoms. The summed E-state index contributed by atoms with van der Waals surface area (Å²) in [6.07, 6.45) is 8.57. The summed E-state index contributed by atoms with van der Waals surface area (Å²) in [5.74, 6) is -0.160. The highest BCUT2D eigenvalue weighted by Crippen LogP contribution is 2.31. The van der Waals surface area contributed by atoms with Crippen LogP contribution >= 0.6 is 0 Å². The number of carboxylic acids is 1. The monoisotopic (exact) mass is 432 g/mol. The van der Waals surface area contributed by atoms with Crippen molar-refractivity contribution in [3.63, 3.8) is 0 Å². The molecule has 0 radical (unpaired) electrons. The fourth-order valence-electron chi connectivity index (χ4n) is 3.41. The summed E-state index contributed by atoms with van der Waals surface area (Å²) in [4.78, 5) is 35.5. The van der Waals surface area contributed by atoms with E-state index in [1.54, 1.807) is 12.1 Å². The number of carbonyl (C=O) groups is 3. The van der Waals surface area contributed by atoms with Crippen LogP contribution in [-0.2, 0) is 14.3 Å². The number of ether oxygens (including phenoxy) is 3. The number of aliphatic carboxylic acids is 1. The van der Waals surface area contributed by atoms with Gasteiger partial charge in [-0.1, -0.05) is 12.2 Å². The Labute approximate surface area is 183 Å². The Balaban J connectivity index is 2.24. The lowest BCUT2D eigenvalue weighted by Gasteiger charge is -2.18. The predicted octanol–water partition coefficient (Wildman–Crippen LogP) is 4.81. The van der Waals surface area contributed by atoms with E-state index in [4.69, 9.17) is 19.3 Å². The van der Waals surface area contributed by atoms with Crippen LogP contribution < -0.4 is 9.47 Å². The van der Waals surface area contributed by atoms with E-state index in [1.165, 1.54) is 7.11 Å². The van der Waals surface area contributed by atoms with Crippen molar-refractivity contribution >= 4 is 23.8 Å². The summed E-state index contributed by atoms with van der Waals surface area (Å²) in [6.45, 7) is 2.19. The van der Waals surface area contributed by atoms with Gasteiger partial charge in [0.2, 0.25) is 0 Å². The first-order valence-electron chi connectivity index (χ1n) is 10.9. The molecule has 1 aromatic carbocycles. The molecule has 1 aromatic rings. The minimum atomic E-state index is -0.826. The number of fused-ring (bicyclic) bond motifs is 1. The van der Waals surface area contributed by atoms with Crippen LogP contribution in [0.3, 0.4) is 0 Å². The predicted molar refractivity (Wildman–Crippen MR) is 117 cm³/mol. The van der Waals surface area contributed by atoms with E-state index < -0.39 is 11.9 Å². The van der Waals surface area contributed by atoms with Gasteiger partial charge < -0.3 is 19.3 Å². The number of Topliss-reactive ketones (excluding diaryl/α,β-unsaturated/α-hetero) is 1. The normalized spacial score (nSPS) is 19.0. The van der Waals surface area contributed by atoms with Crippen LogP contribution in [0.4, 0.5) is 0 Å². The fraction of sp³-hybridized carbons (Fsp3) is 0.542. The van der Waals surface area contributed by atoms with Crippen LogP contribution in [0.1, 0.15) is 80.6 Å². The average molecular weight is 433 g/mol. The molecule has 1 N–H and O–H groups in total. The number of cyclic esters (lactones) is 1. The maximum Gasteiger partial charge on any atom is 0.342 e. The number of rotatable bonds is 7. The molecule has 1 atom stereocenters. The summed E-state index contributed by atoms with van der Waals surface area (Å²) in [7, 11) is 1.49. The summed E-state index contributed by atoms with van der Waals surface area (Å²) in [5.41, 5.74) is 0.970. The summed E-state index contributed by atoms with van der Waals surface area (Å²) >= 11 is 0. The topological polar surface area (TPSA) is 99.1 Å². The second-order valence-electron chi connectivity index (χ2n) is 7.73. The zero-order valence-corrected chi connectivity index (χ0v) is 18.4. The van der Waals surface area contributed by atoms with Crippen molar-refractivity contribution in [2.75, 3.05) is 13.7 Å². The maximum atomic E-state index is 12.9. The van der Waals surface area contributed by atoms with Crippen LogP contribution in [0.15, 0.2) is 18.2 Å². The van der Waals surface area contributed by atoms with Gasteiger partial charge in [0, 0.05) is 25.3 Å². The number of allylic oxidation sites excluding steroid dienone is 1. The van der Waals surface area contributed by atoms with Gasteiger partial charge in [0.1, 0.15) is 22.8 Å². The number of hydrogen-bond acceptors (Lipinski definition) is 6. The molecule has 1 aliphatic heterocycles. The number of carboxylic acid groups (broad SMARTS) is 1. The van der Waals surface area contributed by atoms with Crippen molar-refractivity contribution in [1.29, 1.82) is 0 Å². The van der Waals surface area contributed by atoms with Crippen LogP contribution in [0.5, 0.6) is 11.5 Å². The molecule has 1 heterocycles. The van der Waals surface area contributed by atoms with E-state index in [2.05, 4.69) is 0 Å². The molecule has 0 saturated carbocycles. The highest BCUT2D eigenvalue weighted by Gasteiger charge is 2.22. The van der Waals surface area contributed by atoms with Gasteiger partial charge in [0.25, 0.3) is 0 Å². The molecule has 7 nitrogen and oxygen atoms in total. The third-order valence-electron chi connectivity index (χ3n) is 5.08. The smallest absolute Gasteiger partial charge is 0.342 e. The molecule has 0 unspecified atom stereocenters. The standard InChI is InChI=1S/C24H32O7/c1-17-9-8-12-19(25)11-5-3-4-10-18-15-20(30-14-7-6-13-22(26)27)16-21(29-2)23(18)24(28)31-17/h4,10,15-17H,3,5-9,11-14H2,1-2H3,(H,26,27)/b10-4+/t17-/m0/s1. The number of unbranched alkanes of at least 4 members (excludes halogenated alkanes) is 1. The van der Waals surface area contributed by atoms with Gasteiger partial charge in [-0.3, -0.25) is 9.59 Å². The molecule has 0 saturated heterocycles. The van der Waals surface area contributed by atoms with Gasteiger partial charge in [-0.25, -0.2) is 4.79 Å². The van der Waals surface area contributed by atoms with Crippen molar-refractivity contribution in [3.05, 3.63) is 29.3 Å². The zero-order valence-electron chi connectivity index (χ0n) is 18.4. The molecule has 0 aromatic heterocycles. The molecule has 0 spiro atoms. The summed E-state index contributed by atoms with van der Waals surface area (Å²) < 4.78 is 16.9. The van der Waals surface area contributed by atoms with E-state index >= 15 is 0 Å². The Morgan fingerprint density at radius 3 is 2.71 bits per heavy atom. The first-order chi connectivity index (χ1) is 14.9. The quantitative estimate of drug-likeness (QED) is 0.487. The third kappa shape index (κ3) is 8.44. The van der Waals surface area contributed by atoms with Gasteiger partial charge in [0.15, 0.2) is 0 Å². The molecular formula is C24H32O7. The lowest BCUT2D eigenvalue weighted by molar-refractivity contribution is -0.137. The Morgan fingerprint density at radius 1 is 1.19 bits per heavy atom. The van der Waals surface area contributed by atoms with E-state index in [0.717, 1.165) is 12.8 Å². The molecule has 7 heteroatoms. The summed E-state index contributed by atoms with van der Waals surface area (Å²) in [5, 5.41) is 8.72. The average Bonchev–Trinajstić information content (AvgIpc) is 2.71. The largest absolute Gasteiger partial charge is 0.496 e. The fourth-order valence-corrected chi connectivity index (χ4v) is 3.41. The molecule has 0 aliphatic carbocycles. The van der Waals surface area contributed by atoms with Crippen molar-refractivity contribution in [1.82, 2.24) is 0 Å². The minimum absolute atomic E-state index is 0.103. The van der Waals surface area contributed by atoms with Gasteiger partial charge >= 0.3 is 11.9 Å². The second kappa shape index (κ2) is 12.8. The Hall–Kier alpha value is -2.83. The van der Waals surface area contributed by atoms with Crippen LogP contribution in [-0.4, -0.2) is 42.6 Å². The first kappa shape index (κ1) is 24.4. The van der Waals surface area contributed by atoms with E-state index in [0.29, 0.717) is 67.8 Å². The highest BCUT2D eigenvalue weighted by atomic mass is 16.5. The number of ketones is 1. The van der Waals surface area contributed by atoms with Crippen LogP contribution in [0, 0.1) is 0 Å². The van der Waals surface area contributed by atoms with Crippen molar-refractivity contribution in [2.24, 2.45) is 0 Å². The second-order valence-corrected chi connectivity index (χ2v) is 7.73. The zero-order chi connectivity index (χ0) is 22.6. The van der Waals surface area contributed by atoms with Gasteiger partial charge in [-0.15, -0.1) is 0 Å². The van der Waals surface area contributed by atoms with Gasteiger partial charge in [-0.2, -0.15) is 0 Å². The van der Waals surface area contributed by atoms with Gasteiger partial charge in [-0.05, 0) is 57.1 Å². The lowest BCUT2D eigenvalue weighted by Crippen LogP contribution is -2.17. The third-order valence-corrected chi connectivity index (χ3v) is 5.08. The number of benzene rings is 1. The number of carbonyl (C=O) groups excluding carboxylic acids is 2. The van der Waals surface area contributed by atoms with E-state index in [9.17, 15) is 14.4 Å². The van der Waals surface area contributed by atoms with Crippen molar-refractivity contribution in [2.45, 2.75) is 70.8 Å². The molecule has 1 aliphatic rings. The Morgan fingerprint density at radius 2 is 1.97 bits per heavy atom. The highest BCUT2D eigenvalue weighted by molar-refractivity contribution is 5.97. The molecule has 0 fully saturated rings. The molecule has 170 valence electrons.